The Balaban J connectivity index is 1.94. The van der Waals surface area contributed by atoms with Gasteiger partial charge < -0.3 is 5.73 Å². The van der Waals surface area contributed by atoms with Crippen molar-refractivity contribution in [3.8, 4) is 0 Å². The quantitative estimate of drug-likeness (QED) is 0.843. The highest BCUT2D eigenvalue weighted by molar-refractivity contribution is 6.31. The topological polar surface area (TPSA) is 32.5 Å². The van der Waals surface area contributed by atoms with E-state index in [9.17, 15) is 0 Å². The van der Waals surface area contributed by atoms with Crippen molar-refractivity contribution >= 4 is 17.3 Å². The van der Waals surface area contributed by atoms with E-state index in [4.69, 9.17) is 17.3 Å². The lowest BCUT2D eigenvalue weighted by atomic mass is 10.2. The second kappa shape index (κ2) is 6.60. The van der Waals surface area contributed by atoms with Gasteiger partial charge in [-0.3, -0.25) is 9.80 Å². The van der Waals surface area contributed by atoms with Crippen molar-refractivity contribution in [1.82, 2.24) is 9.80 Å². The molecule has 0 aliphatic carbocycles. The Morgan fingerprint density at radius 2 is 2.11 bits per heavy atom. The second-order valence-electron chi connectivity index (χ2n) is 5.25. The Kier molecular flexibility index (Phi) is 5.08. The molecule has 1 aromatic rings. The Hall–Kier alpha value is -0.770. The van der Waals surface area contributed by atoms with Gasteiger partial charge in [-0.1, -0.05) is 31.5 Å². The summed E-state index contributed by atoms with van der Waals surface area (Å²) in [6, 6.07) is 6.51. The minimum absolute atomic E-state index is 0.697. The normalized spacial score (nSPS) is 20.3. The van der Waals surface area contributed by atoms with Gasteiger partial charge in [0.25, 0.3) is 0 Å². The predicted molar refractivity (Wildman–Crippen MR) is 82.5 cm³/mol. The Labute approximate surface area is 121 Å². The number of hydrogen-bond donors (Lipinski definition) is 1. The zero-order valence-corrected chi connectivity index (χ0v) is 12.7. The summed E-state index contributed by atoms with van der Waals surface area (Å²) in [4.78, 5) is 5.03. The van der Waals surface area contributed by atoms with E-state index in [-0.39, 0.29) is 0 Å². The molecule has 4 heteroatoms. The molecular formula is C15H24ClN3. The van der Waals surface area contributed by atoms with Crippen LogP contribution in [-0.4, -0.2) is 42.0 Å². The van der Waals surface area contributed by atoms with Crippen molar-refractivity contribution in [3.63, 3.8) is 0 Å². The maximum Gasteiger partial charge on any atom is 0.0471 e. The van der Waals surface area contributed by atoms with E-state index >= 15 is 0 Å². The van der Waals surface area contributed by atoms with E-state index in [1.54, 1.807) is 0 Å². The highest BCUT2D eigenvalue weighted by Gasteiger charge is 2.26. The first-order chi connectivity index (χ1) is 9.13. The molecule has 0 aromatic heterocycles. The van der Waals surface area contributed by atoms with E-state index in [2.05, 4.69) is 23.6 Å². The van der Waals surface area contributed by atoms with Gasteiger partial charge >= 0.3 is 0 Å². The van der Waals surface area contributed by atoms with Crippen molar-refractivity contribution in [1.29, 1.82) is 0 Å². The van der Waals surface area contributed by atoms with E-state index in [1.807, 2.05) is 18.2 Å². The molecule has 3 nitrogen and oxygen atoms in total. The number of hydrogen-bond acceptors (Lipinski definition) is 3. The highest BCUT2D eigenvalue weighted by Crippen LogP contribution is 2.23. The van der Waals surface area contributed by atoms with Gasteiger partial charge in [-0.25, -0.2) is 0 Å². The molecular weight excluding hydrogens is 258 g/mol. The first-order valence-electron chi connectivity index (χ1n) is 7.14. The Morgan fingerprint density at radius 1 is 1.37 bits per heavy atom. The van der Waals surface area contributed by atoms with E-state index in [0.29, 0.717) is 6.04 Å². The molecule has 1 unspecified atom stereocenters. The van der Waals surface area contributed by atoms with Crippen LogP contribution in [0.25, 0.3) is 0 Å². The smallest absolute Gasteiger partial charge is 0.0471 e. The lowest BCUT2D eigenvalue weighted by molar-refractivity contribution is 0.209. The van der Waals surface area contributed by atoms with Crippen LogP contribution in [0.5, 0.6) is 0 Å². The third-order valence-corrected chi connectivity index (χ3v) is 4.40. The summed E-state index contributed by atoms with van der Waals surface area (Å²) in [6.07, 6.45) is 1.26. The lowest BCUT2D eigenvalue weighted by Gasteiger charge is -2.26. The fourth-order valence-corrected chi connectivity index (χ4v) is 3.18. The molecule has 1 saturated heterocycles. The molecule has 1 heterocycles. The SMILES string of the molecule is CCN(CC)C1CCN(Cc2ccc(N)cc2Cl)C1. The minimum Gasteiger partial charge on any atom is -0.399 e. The van der Waals surface area contributed by atoms with Crippen LogP contribution in [0.15, 0.2) is 18.2 Å². The van der Waals surface area contributed by atoms with Gasteiger partial charge in [-0.2, -0.15) is 0 Å². The zero-order chi connectivity index (χ0) is 13.8. The molecule has 1 aromatic carbocycles. The van der Waals surface area contributed by atoms with Crippen LogP contribution < -0.4 is 5.73 Å². The average Bonchev–Trinajstić information content (AvgIpc) is 2.83. The molecule has 1 fully saturated rings. The molecule has 0 spiro atoms. The van der Waals surface area contributed by atoms with Crippen LogP contribution in [-0.2, 0) is 6.54 Å². The fraction of sp³-hybridized carbons (Fsp3) is 0.600. The Bertz CT molecular complexity index is 418. The maximum atomic E-state index is 6.24. The summed E-state index contributed by atoms with van der Waals surface area (Å²) in [5.74, 6) is 0. The molecule has 19 heavy (non-hydrogen) atoms. The Morgan fingerprint density at radius 3 is 2.74 bits per heavy atom. The number of nitrogens with two attached hydrogens (primary N) is 1. The van der Waals surface area contributed by atoms with Gasteiger partial charge in [-0.05, 0) is 37.2 Å². The monoisotopic (exact) mass is 281 g/mol. The van der Waals surface area contributed by atoms with Gasteiger partial charge in [0.1, 0.15) is 0 Å². The number of anilines is 1. The molecule has 0 radical (unpaired) electrons. The van der Waals surface area contributed by atoms with E-state index in [0.717, 1.165) is 43.4 Å². The van der Waals surface area contributed by atoms with Crippen LogP contribution in [0.1, 0.15) is 25.8 Å². The summed E-state index contributed by atoms with van der Waals surface area (Å²) in [7, 11) is 0. The van der Waals surface area contributed by atoms with Crippen LogP contribution in [0.4, 0.5) is 5.69 Å². The number of nitrogens with zero attached hydrogens (tertiary/aromatic N) is 2. The summed E-state index contributed by atoms with van der Waals surface area (Å²) in [5, 5.41) is 0.784. The van der Waals surface area contributed by atoms with Crippen LogP contribution in [0, 0.1) is 0 Å². The number of benzene rings is 1. The van der Waals surface area contributed by atoms with Gasteiger partial charge in [0.2, 0.25) is 0 Å². The number of likely N-dealkylation sites (N-methyl/N-ethyl adjacent to an activating group) is 1. The molecule has 106 valence electrons. The summed E-state index contributed by atoms with van der Waals surface area (Å²) in [6.45, 7) is 9.97. The van der Waals surface area contributed by atoms with Gasteiger partial charge in [-0.15, -0.1) is 0 Å². The summed E-state index contributed by atoms with van der Waals surface area (Å²) in [5.41, 5.74) is 7.64. The van der Waals surface area contributed by atoms with Gasteiger partial charge in [0.15, 0.2) is 0 Å². The maximum absolute atomic E-state index is 6.24. The first-order valence-corrected chi connectivity index (χ1v) is 7.52. The van der Waals surface area contributed by atoms with Crippen LogP contribution in [0.3, 0.4) is 0 Å². The van der Waals surface area contributed by atoms with E-state index < -0.39 is 0 Å². The number of nitrogen functional groups attached to an aromatic ring is 1. The molecule has 0 saturated carbocycles. The molecule has 1 atom stereocenters. The van der Waals surface area contributed by atoms with Gasteiger partial charge in [0.05, 0.1) is 0 Å². The standard InChI is InChI=1S/C15H24ClN3/c1-3-19(4-2)14-7-8-18(11-14)10-12-5-6-13(17)9-15(12)16/h5-6,9,14H,3-4,7-8,10-11,17H2,1-2H3. The van der Waals surface area contributed by atoms with Crippen molar-refractivity contribution in [2.75, 3.05) is 31.9 Å². The molecule has 0 amide bonds. The predicted octanol–water partition coefficient (Wildman–Crippen LogP) is 2.84. The fourth-order valence-electron chi connectivity index (χ4n) is 2.93. The highest BCUT2D eigenvalue weighted by atomic mass is 35.5. The largest absolute Gasteiger partial charge is 0.399 e. The first kappa shape index (κ1) is 14.6. The zero-order valence-electron chi connectivity index (χ0n) is 11.9. The third kappa shape index (κ3) is 3.62. The average molecular weight is 282 g/mol. The molecule has 2 rings (SSSR count). The van der Waals surface area contributed by atoms with Crippen molar-refractivity contribution in [3.05, 3.63) is 28.8 Å². The number of rotatable bonds is 5. The second-order valence-corrected chi connectivity index (χ2v) is 5.66. The summed E-state index contributed by atoms with van der Waals surface area (Å²) < 4.78 is 0. The third-order valence-electron chi connectivity index (χ3n) is 4.05. The van der Waals surface area contributed by atoms with Crippen LogP contribution >= 0.6 is 11.6 Å². The van der Waals surface area contributed by atoms with Crippen molar-refractivity contribution in [2.45, 2.75) is 32.9 Å². The number of halogens is 1. The molecule has 2 N–H and O–H groups in total. The van der Waals surface area contributed by atoms with E-state index in [1.165, 1.54) is 12.0 Å². The van der Waals surface area contributed by atoms with Crippen molar-refractivity contribution in [2.24, 2.45) is 0 Å². The van der Waals surface area contributed by atoms with Crippen molar-refractivity contribution < 1.29 is 0 Å². The molecule has 1 aliphatic heterocycles. The minimum atomic E-state index is 0.697. The lowest BCUT2D eigenvalue weighted by Crippen LogP contribution is -2.37. The van der Waals surface area contributed by atoms with Crippen LogP contribution in [0.2, 0.25) is 5.02 Å². The summed E-state index contributed by atoms with van der Waals surface area (Å²) >= 11 is 6.24. The van der Waals surface area contributed by atoms with Gasteiger partial charge in [0, 0.05) is 36.4 Å². The molecule has 1 aliphatic rings. The molecule has 0 bridgehead atoms. The number of likely N-dealkylation sites (tertiary alicyclic amines) is 1.